The molecule has 0 amide bonds. The van der Waals surface area contributed by atoms with Crippen molar-refractivity contribution in [3.63, 3.8) is 0 Å². The second-order valence-corrected chi connectivity index (χ2v) is 5.71. The van der Waals surface area contributed by atoms with Gasteiger partial charge in [-0.15, -0.1) is 0 Å². The van der Waals surface area contributed by atoms with Gasteiger partial charge in [-0.05, 0) is 31.0 Å². The first kappa shape index (κ1) is 9.19. The second kappa shape index (κ2) is 2.37. The van der Waals surface area contributed by atoms with Crippen molar-refractivity contribution >= 4 is 7.12 Å². The maximum absolute atomic E-state index is 6.36. The third-order valence-electron chi connectivity index (χ3n) is 4.74. The molecule has 2 N–H and O–H groups in total. The highest BCUT2D eigenvalue weighted by atomic mass is 16.7. The molecule has 4 rings (SSSR count). The topological polar surface area (TPSA) is 44.5 Å². The first-order valence-electron chi connectivity index (χ1n) is 5.56. The molecule has 1 heterocycles. The number of hydrogen-bond donors (Lipinski definition) is 1. The smallest absolute Gasteiger partial charge is 0.404 e. The van der Waals surface area contributed by atoms with Crippen LogP contribution in [-0.4, -0.2) is 18.9 Å². The van der Waals surface area contributed by atoms with Gasteiger partial charge in [-0.2, -0.15) is 0 Å². The van der Waals surface area contributed by atoms with Crippen LogP contribution in [0.3, 0.4) is 0 Å². The first-order chi connectivity index (χ1) is 6.44. The third kappa shape index (κ3) is 0.854. The molecule has 3 aliphatic carbocycles. The fraction of sp³-hybridized carbons (Fsp3) is 1.00. The molecule has 4 atom stereocenters. The van der Waals surface area contributed by atoms with Gasteiger partial charge in [-0.3, -0.25) is 0 Å². The summed E-state index contributed by atoms with van der Waals surface area (Å²) in [6.45, 7) is 6.56. The van der Waals surface area contributed by atoms with Crippen molar-refractivity contribution in [2.24, 2.45) is 23.0 Å². The van der Waals surface area contributed by atoms with Crippen LogP contribution in [0.1, 0.15) is 26.7 Å². The molecule has 4 heteroatoms. The summed E-state index contributed by atoms with van der Waals surface area (Å²) in [6.07, 6.45) is 2.43. The quantitative estimate of drug-likeness (QED) is 0.591. The molecule has 0 spiro atoms. The van der Waals surface area contributed by atoms with E-state index in [-0.39, 0.29) is 13.2 Å². The first-order valence-corrected chi connectivity index (χ1v) is 5.56. The fourth-order valence-corrected chi connectivity index (χ4v) is 3.72. The Kier molecular flexibility index (Phi) is 1.55. The van der Waals surface area contributed by atoms with E-state index in [0.29, 0.717) is 11.3 Å². The lowest BCUT2D eigenvalue weighted by molar-refractivity contribution is -0.205. The number of nitrogens with two attached hydrogens (primary N) is 1. The average Bonchev–Trinajstić information content (AvgIpc) is 2.37. The zero-order valence-electron chi connectivity index (χ0n) is 9.12. The summed E-state index contributed by atoms with van der Waals surface area (Å²) in [7, 11) is -0.125. The van der Waals surface area contributed by atoms with E-state index in [4.69, 9.17) is 15.0 Å². The zero-order chi connectivity index (χ0) is 10.1. The minimum Gasteiger partial charge on any atom is -0.404 e. The second-order valence-electron chi connectivity index (χ2n) is 5.71. The summed E-state index contributed by atoms with van der Waals surface area (Å²) in [5.41, 5.74) is 6.21. The van der Waals surface area contributed by atoms with Crippen LogP contribution in [0.15, 0.2) is 0 Å². The number of rotatable bonds is 0. The molecule has 3 nitrogen and oxygen atoms in total. The Morgan fingerprint density at radius 3 is 2.71 bits per heavy atom. The van der Waals surface area contributed by atoms with Crippen LogP contribution in [0, 0.1) is 17.3 Å². The van der Waals surface area contributed by atoms with Gasteiger partial charge in [0.05, 0.1) is 6.10 Å². The van der Waals surface area contributed by atoms with Crippen molar-refractivity contribution < 1.29 is 9.31 Å². The average molecular weight is 195 g/mol. The monoisotopic (exact) mass is 195 g/mol. The van der Waals surface area contributed by atoms with Crippen LogP contribution in [0.2, 0.25) is 6.82 Å². The van der Waals surface area contributed by atoms with Gasteiger partial charge in [0.15, 0.2) is 0 Å². The molecule has 4 aliphatic rings. The van der Waals surface area contributed by atoms with Gasteiger partial charge >= 0.3 is 7.12 Å². The number of hydrogen-bond acceptors (Lipinski definition) is 3. The third-order valence-corrected chi connectivity index (χ3v) is 4.74. The molecule has 1 aliphatic heterocycles. The maximum atomic E-state index is 6.36. The molecule has 3 saturated carbocycles. The summed E-state index contributed by atoms with van der Waals surface area (Å²) in [5.74, 6) is 1.26. The van der Waals surface area contributed by atoms with E-state index in [1.54, 1.807) is 0 Å². The largest absolute Gasteiger partial charge is 0.455 e. The summed E-state index contributed by atoms with van der Waals surface area (Å²) in [5, 5.41) is 0. The van der Waals surface area contributed by atoms with Crippen molar-refractivity contribution in [1.29, 1.82) is 0 Å². The van der Waals surface area contributed by atoms with Crippen molar-refractivity contribution in [2.45, 2.75) is 45.3 Å². The van der Waals surface area contributed by atoms with Gasteiger partial charge in [0.1, 0.15) is 5.72 Å². The Balaban J connectivity index is 1.95. The molecule has 78 valence electrons. The van der Waals surface area contributed by atoms with Crippen LogP contribution >= 0.6 is 0 Å². The van der Waals surface area contributed by atoms with Crippen molar-refractivity contribution in [2.75, 3.05) is 0 Å². The highest BCUT2D eigenvalue weighted by Crippen LogP contribution is 2.64. The van der Waals surface area contributed by atoms with Crippen LogP contribution in [0.25, 0.3) is 0 Å². The molecule has 0 unspecified atom stereocenters. The van der Waals surface area contributed by atoms with Gasteiger partial charge < -0.3 is 15.0 Å². The maximum Gasteiger partial charge on any atom is 0.455 e. The van der Waals surface area contributed by atoms with Gasteiger partial charge in [0, 0.05) is 5.92 Å². The molecule has 2 bridgehead atoms. The summed E-state index contributed by atoms with van der Waals surface area (Å²) >= 11 is 0. The van der Waals surface area contributed by atoms with Gasteiger partial charge in [0.25, 0.3) is 0 Å². The van der Waals surface area contributed by atoms with E-state index in [2.05, 4.69) is 13.8 Å². The predicted octanol–water partition coefficient (Wildman–Crippen LogP) is 1.24. The van der Waals surface area contributed by atoms with Crippen LogP contribution in [0.4, 0.5) is 0 Å². The Hall–Kier alpha value is -0.0551. The normalized spacial score (nSPS) is 54.0. The van der Waals surface area contributed by atoms with E-state index in [9.17, 15) is 0 Å². The summed E-state index contributed by atoms with van der Waals surface area (Å²) in [4.78, 5) is 0. The Labute approximate surface area is 85.5 Å². The molecule has 0 aromatic carbocycles. The van der Waals surface area contributed by atoms with Crippen molar-refractivity contribution in [3.8, 4) is 0 Å². The van der Waals surface area contributed by atoms with Gasteiger partial charge in [-0.25, -0.2) is 0 Å². The Morgan fingerprint density at radius 2 is 2.07 bits per heavy atom. The SMILES string of the molecule is CB1O[C@@H]2C[C@@H]3C[C@@H](C3(C)C)[C@]2(N)O1. The van der Waals surface area contributed by atoms with E-state index in [1.807, 2.05) is 6.82 Å². The molecule has 4 fully saturated rings. The lowest BCUT2D eigenvalue weighted by atomic mass is 9.45. The van der Waals surface area contributed by atoms with Gasteiger partial charge in [-0.1, -0.05) is 13.8 Å². The van der Waals surface area contributed by atoms with Crippen LogP contribution in [-0.2, 0) is 9.31 Å². The van der Waals surface area contributed by atoms with Crippen molar-refractivity contribution in [3.05, 3.63) is 0 Å². The summed E-state index contributed by atoms with van der Waals surface area (Å²) < 4.78 is 11.5. The fourth-order valence-electron chi connectivity index (χ4n) is 3.72. The molecule has 1 saturated heterocycles. The van der Waals surface area contributed by atoms with Crippen LogP contribution in [0.5, 0.6) is 0 Å². The Morgan fingerprint density at radius 1 is 1.36 bits per heavy atom. The van der Waals surface area contributed by atoms with E-state index in [1.165, 1.54) is 6.42 Å². The van der Waals surface area contributed by atoms with Crippen molar-refractivity contribution in [1.82, 2.24) is 0 Å². The lowest BCUT2D eigenvalue weighted by Crippen LogP contribution is -2.70. The molecule has 0 radical (unpaired) electrons. The molecular formula is C10H18BNO2. The molecule has 14 heavy (non-hydrogen) atoms. The lowest BCUT2D eigenvalue weighted by Gasteiger charge is -2.64. The zero-order valence-corrected chi connectivity index (χ0v) is 9.12. The minimum atomic E-state index is -0.502. The highest BCUT2D eigenvalue weighted by Gasteiger charge is 2.67. The minimum absolute atomic E-state index is 0.125. The van der Waals surface area contributed by atoms with E-state index < -0.39 is 5.72 Å². The Bertz CT molecular complexity index is 283. The van der Waals surface area contributed by atoms with E-state index >= 15 is 0 Å². The highest BCUT2D eigenvalue weighted by molar-refractivity contribution is 6.43. The standard InChI is InChI=1S/C10H18BNO2/c1-9(2)6-4-7(9)10(12)8(5-6)13-11(3)14-10/h6-8H,4-5,12H2,1-3H3/t6-,7-,8+,10-/m0/s1. The molecular weight excluding hydrogens is 177 g/mol. The van der Waals surface area contributed by atoms with E-state index in [0.717, 1.165) is 12.3 Å². The molecule has 0 aromatic heterocycles. The summed E-state index contributed by atoms with van der Waals surface area (Å²) in [6, 6.07) is 0. The van der Waals surface area contributed by atoms with Gasteiger partial charge in [0.2, 0.25) is 0 Å². The molecule has 0 aromatic rings. The van der Waals surface area contributed by atoms with Crippen LogP contribution < -0.4 is 5.73 Å². The predicted molar refractivity (Wildman–Crippen MR) is 54.5 cm³/mol.